The maximum Gasteiger partial charge on any atom is 0.251 e. The SMILES string of the molecule is CCCC(NC(=O)c1ccc(C)c(O)c1)c1cccs1. The van der Waals surface area contributed by atoms with E-state index in [4.69, 9.17) is 0 Å². The Balaban J connectivity index is 2.13. The molecule has 0 radical (unpaired) electrons. The molecule has 0 aliphatic carbocycles. The van der Waals surface area contributed by atoms with E-state index in [9.17, 15) is 9.90 Å². The maximum absolute atomic E-state index is 12.3. The molecule has 1 amide bonds. The molecule has 0 aliphatic rings. The van der Waals surface area contributed by atoms with Crippen LogP contribution in [0.1, 0.15) is 46.6 Å². The highest BCUT2D eigenvalue weighted by Gasteiger charge is 2.16. The highest BCUT2D eigenvalue weighted by atomic mass is 32.1. The Kier molecular flexibility index (Phi) is 4.79. The van der Waals surface area contributed by atoms with Crippen molar-refractivity contribution in [3.05, 3.63) is 51.7 Å². The lowest BCUT2D eigenvalue weighted by molar-refractivity contribution is 0.0935. The second kappa shape index (κ2) is 6.57. The number of benzene rings is 1. The average Bonchev–Trinajstić information content (AvgIpc) is 2.95. The predicted octanol–water partition coefficient (Wildman–Crippen LogP) is 4.03. The summed E-state index contributed by atoms with van der Waals surface area (Å²) in [7, 11) is 0. The first-order valence-electron chi connectivity index (χ1n) is 6.75. The molecule has 0 spiro atoms. The quantitative estimate of drug-likeness (QED) is 0.873. The van der Waals surface area contributed by atoms with Gasteiger partial charge in [0.15, 0.2) is 0 Å². The molecule has 106 valence electrons. The van der Waals surface area contributed by atoms with Crippen molar-refractivity contribution >= 4 is 17.2 Å². The van der Waals surface area contributed by atoms with E-state index in [1.807, 2.05) is 24.4 Å². The molecule has 2 N–H and O–H groups in total. The summed E-state index contributed by atoms with van der Waals surface area (Å²) in [6.45, 7) is 3.91. The number of nitrogens with one attached hydrogen (secondary N) is 1. The molecule has 3 nitrogen and oxygen atoms in total. The van der Waals surface area contributed by atoms with Crippen LogP contribution < -0.4 is 5.32 Å². The topological polar surface area (TPSA) is 49.3 Å². The van der Waals surface area contributed by atoms with Crippen LogP contribution in [-0.4, -0.2) is 11.0 Å². The Bertz CT molecular complexity index is 578. The van der Waals surface area contributed by atoms with Gasteiger partial charge in [0.1, 0.15) is 5.75 Å². The summed E-state index contributed by atoms with van der Waals surface area (Å²) in [6, 6.07) is 9.08. The first-order chi connectivity index (χ1) is 9.61. The summed E-state index contributed by atoms with van der Waals surface area (Å²) in [5.41, 5.74) is 1.26. The van der Waals surface area contributed by atoms with Crippen LogP contribution in [0.4, 0.5) is 0 Å². The second-order valence-electron chi connectivity index (χ2n) is 4.83. The smallest absolute Gasteiger partial charge is 0.251 e. The van der Waals surface area contributed by atoms with Gasteiger partial charge in [0.2, 0.25) is 0 Å². The standard InChI is InChI=1S/C16H19NO2S/c1-3-5-13(15-6-4-9-20-15)17-16(19)12-8-7-11(2)14(18)10-12/h4,6-10,13,18H,3,5H2,1-2H3,(H,17,19). The van der Waals surface area contributed by atoms with E-state index in [0.717, 1.165) is 23.3 Å². The lowest BCUT2D eigenvalue weighted by Gasteiger charge is -2.17. The third-order valence-corrected chi connectivity index (χ3v) is 4.23. The third-order valence-electron chi connectivity index (χ3n) is 3.24. The van der Waals surface area contributed by atoms with Gasteiger partial charge in [-0.1, -0.05) is 25.5 Å². The predicted molar refractivity (Wildman–Crippen MR) is 82.3 cm³/mol. The zero-order chi connectivity index (χ0) is 14.5. The Labute approximate surface area is 123 Å². The fourth-order valence-corrected chi connectivity index (χ4v) is 2.87. The minimum absolute atomic E-state index is 0.0379. The Hall–Kier alpha value is -1.81. The van der Waals surface area contributed by atoms with Crippen LogP contribution in [0, 0.1) is 6.92 Å². The lowest BCUT2D eigenvalue weighted by atomic mass is 10.1. The second-order valence-corrected chi connectivity index (χ2v) is 5.81. The number of phenols is 1. The number of aromatic hydroxyl groups is 1. The lowest BCUT2D eigenvalue weighted by Crippen LogP contribution is -2.27. The van der Waals surface area contributed by atoms with E-state index in [-0.39, 0.29) is 17.7 Å². The number of phenolic OH excluding ortho intramolecular Hbond substituents is 1. The first kappa shape index (κ1) is 14.6. The minimum Gasteiger partial charge on any atom is -0.508 e. The van der Waals surface area contributed by atoms with Crippen LogP contribution >= 0.6 is 11.3 Å². The van der Waals surface area contributed by atoms with Gasteiger partial charge in [-0.2, -0.15) is 0 Å². The molecular formula is C16H19NO2S. The minimum atomic E-state index is -0.146. The zero-order valence-corrected chi connectivity index (χ0v) is 12.5. The van der Waals surface area contributed by atoms with E-state index in [1.54, 1.807) is 23.5 Å². The molecular weight excluding hydrogens is 270 g/mol. The number of hydrogen-bond acceptors (Lipinski definition) is 3. The molecule has 1 atom stereocenters. The third kappa shape index (κ3) is 3.39. The molecule has 2 rings (SSSR count). The Morgan fingerprint density at radius 1 is 1.40 bits per heavy atom. The van der Waals surface area contributed by atoms with Crippen molar-refractivity contribution in [2.24, 2.45) is 0 Å². The van der Waals surface area contributed by atoms with Gasteiger partial charge in [-0.25, -0.2) is 0 Å². The average molecular weight is 289 g/mol. The van der Waals surface area contributed by atoms with Crippen molar-refractivity contribution in [3.63, 3.8) is 0 Å². The summed E-state index contributed by atoms with van der Waals surface area (Å²) in [5, 5.41) is 14.8. The number of hydrogen-bond donors (Lipinski definition) is 2. The van der Waals surface area contributed by atoms with Gasteiger partial charge in [0.25, 0.3) is 5.91 Å². The van der Waals surface area contributed by atoms with E-state index in [2.05, 4.69) is 12.2 Å². The molecule has 0 bridgehead atoms. The normalized spacial score (nSPS) is 12.1. The van der Waals surface area contributed by atoms with Crippen molar-refractivity contribution < 1.29 is 9.90 Å². The summed E-state index contributed by atoms with van der Waals surface area (Å²) in [6.07, 6.45) is 1.91. The molecule has 20 heavy (non-hydrogen) atoms. The first-order valence-corrected chi connectivity index (χ1v) is 7.63. The van der Waals surface area contributed by atoms with E-state index >= 15 is 0 Å². The van der Waals surface area contributed by atoms with Gasteiger partial charge in [-0.15, -0.1) is 11.3 Å². The molecule has 4 heteroatoms. The van der Waals surface area contributed by atoms with E-state index < -0.39 is 0 Å². The van der Waals surface area contributed by atoms with Crippen molar-refractivity contribution in [3.8, 4) is 5.75 Å². The fraction of sp³-hybridized carbons (Fsp3) is 0.312. The Morgan fingerprint density at radius 3 is 2.80 bits per heavy atom. The summed E-state index contributed by atoms with van der Waals surface area (Å²) in [5.74, 6) is 0.00738. The highest BCUT2D eigenvalue weighted by molar-refractivity contribution is 7.10. The van der Waals surface area contributed by atoms with Crippen LogP contribution in [0.2, 0.25) is 0 Å². The van der Waals surface area contributed by atoms with Crippen molar-refractivity contribution in [1.82, 2.24) is 5.32 Å². The number of aryl methyl sites for hydroxylation is 1. The van der Waals surface area contributed by atoms with Gasteiger partial charge in [0, 0.05) is 10.4 Å². The molecule has 1 aromatic heterocycles. The molecule has 2 aromatic rings. The van der Waals surface area contributed by atoms with Gasteiger partial charge in [0.05, 0.1) is 6.04 Å². The molecule has 0 aliphatic heterocycles. The van der Waals surface area contributed by atoms with E-state index in [1.165, 1.54) is 6.07 Å². The van der Waals surface area contributed by atoms with Crippen LogP contribution in [0.15, 0.2) is 35.7 Å². The van der Waals surface area contributed by atoms with Crippen molar-refractivity contribution in [1.29, 1.82) is 0 Å². The summed E-state index contributed by atoms with van der Waals surface area (Å²) in [4.78, 5) is 13.4. The van der Waals surface area contributed by atoms with Gasteiger partial charge >= 0.3 is 0 Å². The van der Waals surface area contributed by atoms with Gasteiger partial charge < -0.3 is 10.4 Å². The molecule has 1 unspecified atom stereocenters. The molecule has 1 heterocycles. The van der Waals surface area contributed by atoms with Crippen LogP contribution in [0.5, 0.6) is 5.75 Å². The number of carbonyl (C=O) groups is 1. The summed E-state index contributed by atoms with van der Waals surface area (Å²) < 4.78 is 0. The molecule has 1 aromatic carbocycles. The van der Waals surface area contributed by atoms with Gasteiger partial charge in [-0.05, 0) is 42.5 Å². The maximum atomic E-state index is 12.3. The number of carbonyl (C=O) groups excluding carboxylic acids is 1. The van der Waals surface area contributed by atoms with Gasteiger partial charge in [-0.3, -0.25) is 4.79 Å². The highest BCUT2D eigenvalue weighted by Crippen LogP contribution is 2.24. The molecule has 0 fully saturated rings. The monoisotopic (exact) mass is 289 g/mol. The number of thiophene rings is 1. The fourth-order valence-electron chi connectivity index (χ4n) is 2.06. The largest absolute Gasteiger partial charge is 0.508 e. The zero-order valence-electron chi connectivity index (χ0n) is 11.7. The van der Waals surface area contributed by atoms with Crippen molar-refractivity contribution in [2.75, 3.05) is 0 Å². The van der Waals surface area contributed by atoms with Crippen LogP contribution in [-0.2, 0) is 0 Å². The molecule has 0 saturated carbocycles. The Morgan fingerprint density at radius 2 is 2.20 bits per heavy atom. The number of rotatable bonds is 5. The van der Waals surface area contributed by atoms with Crippen LogP contribution in [0.25, 0.3) is 0 Å². The van der Waals surface area contributed by atoms with Crippen molar-refractivity contribution in [2.45, 2.75) is 32.7 Å². The number of amides is 1. The summed E-state index contributed by atoms with van der Waals surface area (Å²) >= 11 is 1.65. The van der Waals surface area contributed by atoms with E-state index in [0.29, 0.717) is 5.56 Å². The van der Waals surface area contributed by atoms with Crippen LogP contribution in [0.3, 0.4) is 0 Å². The molecule has 0 saturated heterocycles.